The first-order valence-electron chi connectivity index (χ1n) is 7.95. The van der Waals surface area contributed by atoms with Crippen LogP contribution in [-0.2, 0) is 0 Å². The van der Waals surface area contributed by atoms with Crippen molar-refractivity contribution in [1.82, 2.24) is 15.0 Å². The lowest BCUT2D eigenvalue weighted by Crippen LogP contribution is -1.93. The van der Waals surface area contributed by atoms with Crippen LogP contribution in [0.15, 0.2) is 83.7 Å². The molecule has 0 bridgehead atoms. The third kappa shape index (κ3) is 3.53. The highest BCUT2D eigenvalue weighted by atomic mass is 16.3. The number of aromatic nitrogens is 3. The first-order valence-corrected chi connectivity index (χ1v) is 7.95. The van der Waals surface area contributed by atoms with E-state index in [9.17, 15) is 0 Å². The molecule has 0 saturated heterocycles. The van der Waals surface area contributed by atoms with Crippen molar-refractivity contribution in [1.29, 1.82) is 0 Å². The molecular formula is C21H15N3O. The zero-order chi connectivity index (χ0) is 16.9. The van der Waals surface area contributed by atoms with Gasteiger partial charge in [0.25, 0.3) is 0 Å². The number of rotatable bonds is 4. The van der Waals surface area contributed by atoms with Crippen LogP contribution < -0.4 is 0 Å². The van der Waals surface area contributed by atoms with Crippen molar-refractivity contribution in [2.45, 2.75) is 0 Å². The van der Waals surface area contributed by atoms with E-state index in [0.29, 0.717) is 0 Å². The zero-order valence-corrected chi connectivity index (χ0v) is 13.4. The average Bonchev–Trinajstić information content (AvgIpc) is 3.21. The summed E-state index contributed by atoms with van der Waals surface area (Å²) in [5.74, 6) is 0.801. The van der Waals surface area contributed by atoms with Crippen LogP contribution in [-0.4, -0.2) is 15.0 Å². The summed E-state index contributed by atoms with van der Waals surface area (Å²) < 4.78 is 5.36. The first kappa shape index (κ1) is 15.0. The monoisotopic (exact) mass is 325 g/mol. The molecule has 0 spiro atoms. The standard InChI is InChI=1S/C21H15N3O/c1-3-11-22-18(7-1)20-14-16(9-10-17-6-5-13-25-17)15-21(24-20)19-8-2-4-12-23-19/h1-15H/b10-9+. The van der Waals surface area contributed by atoms with Crippen LogP contribution in [0.3, 0.4) is 0 Å². The van der Waals surface area contributed by atoms with Crippen LogP contribution >= 0.6 is 0 Å². The van der Waals surface area contributed by atoms with Crippen molar-refractivity contribution in [3.05, 3.63) is 90.6 Å². The van der Waals surface area contributed by atoms with Gasteiger partial charge in [0.1, 0.15) is 5.76 Å². The van der Waals surface area contributed by atoms with E-state index in [2.05, 4.69) is 9.97 Å². The summed E-state index contributed by atoms with van der Waals surface area (Å²) in [6.07, 6.45) is 9.12. The number of hydrogen-bond donors (Lipinski definition) is 0. The highest BCUT2D eigenvalue weighted by Gasteiger charge is 2.07. The second-order valence-corrected chi connectivity index (χ2v) is 5.45. The highest BCUT2D eigenvalue weighted by molar-refractivity contribution is 5.73. The second kappa shape index (κ2) is 6.93. The molecule has 0 aliphatic rings. The molecule has 0 aromatic carbocycles. The Kier molecular flexibility index (Phi) is 4.16. The summed E-state index contributed by atoms with van der Waals surface area (Å²) in [4.78, 5) is 13.6. The molecule has 4 rings (SSSR count). The van der Waals surface area contributed by atoms with Crippen LogP contribution in [0, 0.1) is 0 Å². The molecule has 0 fully saturated rings. The van der Waals surface area contributed by atoms with Crippen LogP contribution in [0.1, 0.15) is 11.3 Å². The van der Waals surface area contributed by atoms with E-state index in [0.717, 1.165) is 34.1 Å². The van der Waals surface area contributed by atoms with Gasteiger partial charge in [0.15, 0.2) is 0 Å². The van der Waals surface area contributed by atoms with Gasteiger partial charge in [-0.15, -0.1) is 0 Å². The third-order valence-electron chi connectivity index (χ3n) is 3.69. The normalized spacial score (nSPS) is 11.0. The molecule has 4 heteroatoms. The van der Waals surface area contributed by atoms with Gasteiger partial charge >= 0.3 is 0 Å². The van der Waals surface area contributed by atoms with E-state index < -0.39 is 0 Å². The van der Waals surface area contributed by atoms with E-state index in [-0.39, 0.29) is 0 Å². The Balaban J connectivity index is 1.80. The Morgan fingerprint density at radius 2 is 1.36 bits per heavy atom. The summed E-state index contributed by atoms with van der Waals surface area (Å²) in [6.45, 7) is 0. The molecule has 25 heavy (non-hydrogen) atoms. The molecule has 4 aromatic rings. The van der Waals surface area contributed by atoms with Crippen molar-refractivity contribution in [3.8, 4) is 22.8 Å². The van der Waals surface area contributed by atoms with E-state index in [4.69, 9.17) is 9.40 Å². The van der Waals surface area contributed by atoms with Gasteiger partial charge in [-0.2, -0.15) is 0 Å². The topological polar surface area (TPSA) is 51.8 Å². The molecule has 0 amide bonds. The number of hydrogen-bond acceptors (Lipinski definition) is 4. The van der Waals surface area contributed by atoms with Crippen molar-refractivity contribution >= 4 is 12.2 Å². The fraction of sp³-hybridized carbons (Fsp3) is 0. The van der Waals surface area contributed by atoms with Crippen LogP contribution in [0.25, 0.3) is 34.9 Å². The van der Waals surface area contributed by atoms with E-state index in [1.807, 2.05) is 72.8 Å². The van der Waals surface area contributed by atoms with Gasteiger partial charge in [0.05, 0.1) is 29.0 Å². The lowest BCUT2D eigenvalue weighted by Gasteiger charge is -2.06. The molecule has 0 N–H and O–H groups in total. The minimum atomic E-state index is 0.801. The van der Waals surface area contributed by atoms with Gasteiger partial charge in [-0.25, -0.2) is 4.98 Å². The van der Waals surface area contributed by atoms with Gasteiger partial charge in [0, 0.05) is 12.4 Å². The largest absolute Gasteiger partial charge is 0.465 e. The Bertz CT molecular complexity index is 921. The highest BCUT2D eigenvalue weighted by Crippen LogP contribution is 2.23. The molecule has 4 heterocycles. The summed E-state index contributed by atoms with van der Waals surface area (Å²) in [6, 6.07) is 19.4. The van der Waals surface area contributed by atoms with Crippen molar-refractivity contribution in [2.75, 3.05) is 0 Å². The summed E-state index contributed by atoms with van der Waals surface area (Å²) in [5.41, 5.74) is 4.28. The van der Waals surface area contributed by atoms with Crippen LogP contribution in [0.4, 0.5) is 0 Å². The number of nitrogens with zero attached hydrogens (tertiary/aromatic N) is 3. The summed E-state index contributed by atoms with van der Waals surface area (Å²) in [5, 5.41) is 0. The van der Waals surface area contributed by atoms with E-state index >= 15 is 0 Å². The van der Waals surface area contributed by atoms with Gasteiger partial charge in [0.2, 0.25) is 0 Å². The van der Waals surface area contributed by atoms with Crippen molar-refractivity contribution in [3.63, 3.8) is 0 Å². The predicted octanol–water partition coefficient (Wildman–Crippen LogP) is 4.97. The zero-order valence-electron chi connectivity index (χ0n) is 13.4. The first-order chi connectivity index (χ1) is 12.4. The Morgan fingerprint density at radius 3 is 1.88 bits per heavy atom. The number of pyridine rings is 3. The van der Waals surface area contributed by atoms with Gasteiger partial charge in [-0.1, -0.05) is 18.2 Å². The van der Waals surface area contributed by atoms with Crippen LogP contribution in [0.5, 0.6) is 0 Å². The van der Waals surface area contributed by atoms with Gasteiger partial charge in [-0.3, -0.25) is 9.97 Å². The van der Waals surface area contributed by atoms with Crippen molar-refractivity contribution < 1.29 is 4.42 Å². The maximum Gasteiger partial charge on any atom is 0.126 e. The van der Waals surface area contributed by atoms with E-state index in [1.54, 1.807) is 18.7 Å². The second-order valence-electron chi connectivity index (χ2n) is 5.45. The molecule has 0 aliphatic carbocycles. The van der Waals surface area contributed by atoms with E-state index in [1.165, 1.54) is 0 Å². The minimum absolute atomic E-state index is 0.801. The SMILES string of the molecule is C(=C\c1ccco1)/c1cc(-c2ccccn2)nc(-c2ccccn2)c1. The lowest BCUT2D eigenvalue weighted by molar-refractivity contribution is 0.557. The Labute approximate surface area is 145 Å². The maximum absolute atomic E-state index is 5.36. The van der Waals surface area contributed by atoms with Crippen LogP contribution in [0.2, 0.25) is 0 Å². The van der Waals surface area contributed by atoms with Crippen molar-refractivity contribution in [2.24, 2.45) is 0 Å². The molecule has 0 radical (unpaired) electrons. The molecule has 0 aliphatic heterocycles. The maximum atomic E-state index is 5.36. The molecule has 0 unspecified atom stereocenters. The van der Waals surface area contributed by atoms with Gasteiger partial charge < -0.3 is 4.42 Å². The summed E-state index contributed by atoms with van der Waals surface area (Å²) >= 11 is 0. The van der Waals surface area contributed by atoms with Gasteiger partial charge in [-0.05, 0) is 60.2 Å². The minimum Gasteiger partial charge on any atom is -0.465 e. The fourth-order valence-electron chi connectivity index (χ4n) is 2.50. The summed E-state index contributed by atoms with van der Waals surface area (Å²) in [7, 11) is 0. The average molecular weight is 325 g/mol. The fourth-order valence-corrected chi connectivity index (χ4v) is 2.50. The Hall–Kier alpha value is -3.53. The third-order valence-corrected chi connectivity index (χ3v) is 3.69. The molecular weight excluding hydrogens is 310 g/mol. The number of furan rings is 1. The quantitative estimate of drug-likeness (QED) is 0.531. The predicted molar refractivity (Wildman–Crippen MR) is 98.3 cm³/mol. The molecule has 4 nitrogen and oxygen atoms in total. The smallest absolute Gasteiger partial charge is 0.126 e. The Morgan fingerprint density at radius 1 is 0.680 bits per heavy atom. The molecule has 0 atom stereocenters. The molecule has 120 valence electrons. The molecule has 4 aromatic heterocycles. The lowest BCUT2D eigenvalue weighted by atomic mass is 10.1. The molecule has 0 saturated carbocycles.